The number of nitrogens with one attached hydrogen (secondary N) is 2. The van der Waals surface area contributed by atoms with Crippen LogP contribution < -0.4 is 19.5 Å². The maximum atomic E-state index is 12.9. The van der Waals surface area contributed by atoms with Gasteiger partial charge in [-0.25, -0.2) is 24.3 Å². The molecule has 0 unspecified atom stereocenters. The zero-order valence-electron chi connectivity index (χ0n) is 16.2. The topological polar surface area (TPSA) is 177 Å². The number of esters is 1. The van der Waals surface area contributed by atoms with Crippen LogP contribution in [0.2, 0.25) is 0 Å². The normalized spacial score (nSPS) is 10.9. The monoisotopic (exact) mass is 469 g/mol. The van der Waals surface area contributed by atoms with Gasteiger partial charge in [0, 0.05) is 11.6 Å². The number of ether oxygens (including phenoxy) is 3. The van der Waals surface area contributed by atoms with Crippen LogP contribution in [0.25, 0.3) is 5.13 Å². The van der Waals surface area contributed by atoms with E-state index < -0.39 is 32.7 Å². The summed E-state index contributed by atoms with van der Waals surface area (Å²) in [7, 11) is -0.885. The Labute approximate surface area is 179 Å². The summed E-state index contributed by atoms with van der Waals surface area (Å²) in [5, 5.41) is 3.32. The fourth-order valence-electron chi connectivity index (χ4n) is 2.27. The zero-order chi connectivity index (χ0) is 22.6. The molecule has 0 aliphatic heterocycles. The molecule has 14 nitrogen and oxygen atoms in total. The second-order valence-electron chi connectivity index (χ2n) is 5.41. The molecule has 0 atom stereocenters. The number of hydrogen-bond donors (Lipinski definition) is 2. The third-order valence-corrected chi connectivity index (χ3v) is 5.66. The molecule has 164 valence electrons. The van der Waals surface area contributed by atoms with E-state index in [4.69, 9.17) is 9.47 Å². The highest BCUT2D eigenvalue weighted by molar-refractivity contribution is 7.90. The van der Waals surface area contributed by atoms with Crippen molar-refractivity contribution in [3.8, 4) is 16.9 Å². The highest BCUT2D eigenvalue weighted by atomic mass is 32.2. The first kappa shape index (κ1) is 21.9. The van der Waals surface area contributed by atoms with E-state index in [1.54, 1.807) is 10.1 Å². The van der Waals surface area contributed by atoms with Gasteiger partial charge in [-0.15, -0.1) is 11.3 Å². The number of aromatic nitrogens is 5. The summed E-state index contributed by atoms with van der Waals surface area (Å²) in [4.78, 5) is 39.9. The molecule has 3 aromatic heterocycles. The molecular weight excluding hydrogens is 454 g/mol. The summed E-state index contributed by atoms with van der Waals surface area (Å²) >= 11 is 1.09. The van der Waals surface area contributed by atoms with E-state index in [0.717, 1.165) is 29.3 Å². The smallest absolute Gasteiger partial charge is 0.359 e. The Kier molecular flexibility index (Phi) is 6.30. The molecule has 16 heteroatoms. The van der Waals surface area contributed by atoms with Gasteiger partial charge in [-0.1, -0.05) is 0 Å². The highest BCUT2D eigenvalue weighted by Gasteiger charge is 2.32. The van der Waals surface area contributed by atoms with Crippen molar-refractivity contribution in [2.24, 2.45) is 0 Å². The molecule has 31 heavy (non-hydrogen) atoms. The number of methoxy groups -OCH3 is 3. The van der Waals surface area contributed by atoms with E-state index in [0.29, 0.717) is 0 Å². The molecule has 0 bridgehead atoms. The average molecular weight is 469 g/mol. The molecule has 0 saturated carbocycles. The van der Waals surface area contributed by atoms with Crippen LogP contribution in [0, 0.1) is 0 Å². The van der Waals surface area contributed by atoms with E-state index in [9.17, 15) is 18.0 Å². The van der Waals surface area contributed by atoms with Crippen LogP contribution in [0.4, 0.5) is 10.7 Å². The summed E-state index contributed by atoms with van der Waals surface area (Å²) in [6.07, 6.45) is 2.51. The van der Waals surface area contributed by atoms with Crippen molar-refractivity contribution >= 4 is 39.3 Å². The second-order valence-corrected chi connectivity index (χ2v) is 7.88. The molecule has 3 rings (SSSR count). The Morgan fingerprint density at radius 3 is 2.32 bits per heavy atom. The molecule has 0 spiro atoms. The summed E-state index contributed by atoms with van der Waals surface area (Å²) in [5.41, 5.74) is -0.530. The number of urea groups is 1. The lowest BCUT2D eigenvalue weighted by molar-refractivity contribution is 0.0589. The fourth-order valence-corrected chi connectivity index (χ4v) is 4.12. The van der Waals surface area contributed by atoms with Crippen LogP contribution in [0.5, 0.6) is 11.8 Å². The summed E-state index contributed by atoms with van der Waals surface area (Å²) in [6, 6.07) is 0.146. The average Bonchev–Trinajstić information content (AvgIpc) is 3.42. The SMILES string of the molecule is COC(=O)c1ncn(-c2nccs2)c1S(=O)(=O)NC(=O)Nc1nc(OC)cc(OC)n1. The van der Waals surface area contributed by atoms with Gasteiger partial charge in [-0.3, -0.25) is 9.88 Å². The van der Waals surface area contributed by atoms with Crippen LogP contribution >= 0.6 is 11.3 Å². The van der Waals surface area contributed by atoms with E-state index in [1.807, 2.05) is 0 Å². The van der Waals surface area contributed by atoms with E-state index in [-0.39, 0.29) is 22.8 Å². The lowest BCUT2D eigenvalue weighted by atomic mass is 10.5. The third kappa shape index (κ3) is 4.69. The Morgan fingerprint density at radius 1 is 1.10 bits per heavy atom. The maximum absolute atomic E-state index is 12.9. The van der Waals surface area contributed by atoms with Gasteiger partial charge in [-0.2, -0.15) is 18.4 Å². The zero-order valence-corrected chi connectivity index (χ0v) is 17.9. The van der Waals surface area contributed by atoms with Crippen molar-refractivity contribution in [2.45, 2.75) is 5.03 Å². The van der Waals surface area contributed by atoms with Gasteiger partial charge < -0.3 is 14.2 Å². The molecule has 3 heterocycles. The minimum Gasteiger partial charge on any atom is -0.481 e. The Morgan fingerprint density at radius 2 is 1.77 bits per heavy atom. The standard InChI is InChI=1S/C15H15N7O7S2/c1-27-8-6-9(28-2)19-13(18-8)20-14(24)21-31(25,26)11-10(12(23)29-3)17-7-22(11)15-16-4-5-30-15/h4-7H,1-3H3,(H2,18,19,20,21,24). The van der Waals surface area contributed by atoms with Crippen molar-refractivity contribution in [3.63, 3.8) is 0 Å². The number of hydrogen-bond acceptors (Lipinski definition) is 12. The van der Waals surface area contributed by atoms with Crippen molar-refractivity contribution in [1.29, 1.82) is 0 Å². The fraction of sp³-hybridized carbons (Fsp3) is 0.200. The minimum atomic E-state index is -4.62. The van der Waals surface area contributed by atoms with E-state index in [2.05, 4.69) is 30.0 Å². The van der Waals surface area contributed by atoms with Gasteiger partial charge in [-0.05, 0) is 0 Å². The largest absolute Gasteiger partial charge is 0.481 e. The molecule has 0 fully saturated rings. The molecule has 2 N–H and O–H groups in total. The molecule has 3 aromatic rings. The highest BCUT2D eigenvalue weighted by Crippen LogP contribution is 2.22. The quantitative estimate of drug-likeness (QED) is 0.459. The first-order valence-corrected chi connectivity index (χ1v) is 10.5. The second kappa shape index (κ2) is 8.92. The lowest BCUT2D eigenvalue weighted by Gasteiger charge is -2.11. The summed E-state index contributed by atoms with van der Waals surface area (Å²) in [6.45, 7) is 0. The van der Waals surface area contributed by atoms with Gasteiger partial charge in [0.05, 0.1) is 27.4 Å². The van der Waals surface area contributed by atoms with Gasteiger partial charge in [0.1, 0.15) is 6.33 Å². The molecule has 0 aliphatic carbocycles. The first-order chi connectivity index (χ1) is 14.8. The van der Waals surface area contributed by atoms with Crippen molar-refractivity contribution < 1.29 is 32.2 Å². The predicted molar refractivity (Wildman–Crippen MR) is 105 cm³/mol. The van der Waals surface area contributed by atoms with E-state index in [1.165, 1.54) is 26.5 Å². The Balaban J connectivity index is 1.93. The molecule has 0 radical (unpaired) electrons. The van der Waals surface area contributed by atoms with Crippen LogP contribution in [-0.4, -0.2) is 66.3 Å². The number of rotatable bonds is 7. The predicted octanol–water partition coefficient (Wildman–Crippen LogP) is 0.433. The molecule has 2 amide bonds. The number of amides is 2. The Hall–Kier alpha value is -3.79. The number of imidazole rings is 1. The van der Waals surface area contributed by atoms with Crippen molar-refractivity contribution in [3.05, 3.63) is 29.7 Å². The Bertz CT molecular complexity index is 1190. The molecule has 0 aromatic carbocycles. The first-order valence-electron chi connectivity index (χ1n) is 8.15. The number of carbonyl (C=O) groups is 2. The van der Waals surface area contributed by atoms with E-state index >= 15 is 0 Å². The third-order valence-electron chi connectivity index (χ3n) is 3.53. The minimum absolute atomic E-state index is 0.0693. The molecule has 0 aliphatic rings. The lowest BCUT2D eigenvalue weighted by Crippen LogP contribution is -2.36. The van der Waals surface area contributed by atoms with Crippen LogP contribution in [0.15, 0.2) is 29.0 Å². The maximum Gasteiger partial charge on any atom is 0.359 e. The summed E-state index contributed by atoms with van der Waals surface area (Å²) < 4.78 is 43.2. The van der Waals surface area contributed by atoms with Crippen molar-refractivity contribution in [1.82, 2.24) is 29.2 Å². The summed E-state index contributed by atoms with van der Waals surface area (Å²) in [5.74, 6) is -1.16. The van der Waals surface area contributed by atoms with Gasteiger partial charge in [0.15, 0.2) is 15.9 Å². The number of sulfonamides is 1. The van der Waals surface area contributed by atoms with Gasteiger partial charge >= 0.3 is 12.0 Å². The van der Waals surface area contributed by atoms with Crippen LogP contribution in [0.3, 0.4) is 0 Å². The number of thiazole rings is 1. The number of anilines is 1. The van der Waals surface area contributed by atoms with Gasteiger partial charge in [0.2, 0.25) is 17.7 Å². The van der Waals surface area contributed by atoms with Crippen molar-refractivity contribution in [2.75, 3.05) is 26.6 Å². The van der Waals surface area contributed by atoms with Crippen LogP contribution in [0.1, 0.15) is 10.5 Å². The molecule has 0 saturated heterocycles. The van der Waals surface area contributed by atoms with Crippen LogP contribution in [-0.2, 0) is 14.8 Å². The molecular formula is C15H15N7O7S2. The van der Waals surface area contributed by atoms with Gasteiger partial charge in [0.25, 0.3) is 10.0 Å². The number of nitrogens with zero attached hydrogens (tertiary/aromatic N) is 5. The number of carbonyl (C=O) groups excluding carboxylic acids is 2.